The lowest BCUT2D eigenvalue weighted by Gasteiger charge is -2.10. The maximum atomic E-state index is 5.80. The number of anilines is 1. The van der Waals surface area contributed by atoms with E-state index in [0.29, 0.717) is 18.3 Å². The van der Waals surface area contributed by atoms with Gasteiger partial charge in [-0.15, -0.1) is 11.8 Å². The molecule has 2 aromatic rings. The van der Waals surface area contributed by atoms with Crippen LogP contribution in [0.2, 0.25) is 0 Å². The van der Waals surface area contributed by atoms with Crippen LogP contribution in [0.3, 0.4) is 0 Å². The zero-order chi connectivity index (χ0) is 15.1. The standard InChI is InChI=1S/C15H19N3O2S/c1-4-16-13-9-15(18-14(17-13)10-19-2)20-11-5-7-12(21-3)8-6-11/h5-9H,4,10H2,1-3H3,(H,16,17,18). The number of aromatic nitrogens is 2. The zero-order valence-electron chi connectivity index (χ0n) is 12.4. The molecule has 1 heterocycles. The van der Waals surface area contributed by atoms with E-state index in [4.69, 9.17) is 9.47 Å². The quantitative estimate of drug-likeness (QED) is 0.789. The molecule has 0 aliphatic heterocycles. The molecule has 5 nitrogen and oxygen atoms in total. The number of ether oxygens (including phenoxy) is 2. The molecule has 0 unspecified atom stereocenters. The average molecular weight is 305 g/mol. The van der Waals surface area contributed by atoms with Gasteiger partial charge in [-0.1, -0.05) is 0 Å². The van der Waals surface area contributed by atoms with Gasteiger partial charge in [0.05, 0.1) is 0 Å². The molecule has 21 heavy (non-hydrogen) atoms. The minimum Gasteiger partial charge on any atom is -0.439 e. The summed E-state index contributed by atoms with van der Waals surface area (Å²) in [5, 5.41) is 3.16. The number of nitrogens with zero attached hydrogens (tertiary/aromatic N) is 2. The van der Waals surface area contributed by atoms with Crippen molar-refractivity contribution >= 4 is 17.6 Å². The van der Waals surface area contributed by atoms with Crippen LogP contribution in [0.5, 0.6) is 11.6 Å². The van der Waals surface area contributed by atoms with Crippen molar-refractivity contribution in [1.82, 2.24) is 9.97 Å². The van der Waals surface area contributed by atoms with Crippen LogP contribution < -0.4 is 10.1 Å². The Bertz CT molecular complexity index is 551. The summed E-state index contributed by atoms with van der Waals surface area (Å²) in [5.41, 5.74) is 0. The van der Waals surface area contributed by atoms with Crippen molar-refractivity contribution in [2.75, 3.05) is 25.2 Å². The number of nitrogens with one attached hydrogen (secondary N) is 1. The second-order valence-corrected chi connectivity index (χ2v) is 5.13. The average Bonchev–Trinajstić information content (AvgIpc) is 2.48. The molecule has 0 saturated carbocycles. The van der Waals surface area contributed by atoms with Crippen LogP contribution in [-0.2, 0) is 11.3 Å². The molecular formula is C15H19N3O2S. The second-order valence-electron chi connectivity index (χ2n) is 4.25. The number of hydrogen-bond acceptors (Lipinski definition) is 6. The lowest BCUT2D eigenvalue weighted by Crippen LogP contribution is -2.05. The van der Waals surface area contributed by atoms with E-state index in [2.05, 4.69) is 15.3 Å². The predicted octanol–water partition coefficient (Wildman–Crippen LogP) is 3.57. The van der Waals surface area contributed by atoms with E-state index in [9.17, 15) is 0 Å². The number of rotatable bonds is 7. The molecule has 1 N–H and O–H groups in total. The van der Waals surface area contributed by atoms with E-state index in [1.807, 2.05) is 37.4 Å². The first kappa shape index (κ1) is 15.6. The maximum Gasteiger partial charge on any atom is 0.224 e. The van der Waals surface area contributed by atoms with Crippen molar-refractivity contribution in [1.29, 1.82) is 0 Å². The van der Waals surface area contributed by atoms with Gasteiger partial charge in [0.1, 0.15) is 18.2 Å². The first-order valence-electron chi connectivity index (χ1n) is 6.67. The van der Waals surface area contributed by atoms with Crippen LogP contribution in [0.25, 0.3) is 0 Å². The van der Waals surface area contributed by atoms with E-state index in [-0.39, 0.29) is 0 Å². The SMILES string of the molecule is CCNc1cc(Oc2ccc(SC)cc2)nc(COC)n1. The van der Waals surface area contributed by atoms with Gasteiger partial charge >= 0.3 is 0 Å². The van der Waals surface area contributed by atoms with Crippen LogP contribution in [0.15, 0.2) is 35.2 Å². The second kappa shape index (κ2) is 7.85. The van der Waals surface area contributed by atoms with Gasteiger partial charge in [-0.05, 0) is 37.4 Å². The third-order valence-electron chi connectivity index (χ3n) is 2.66. The van der Waals surface area contributed by atoms with Gasteiger partial charge in [-0.25, -0.2) is 4.98 Å². The van der Waals surface area contributed by atoms with E-state index in [1.165, 1.54) is 4.90 Å². The minimum atomic E-state index is 0.348. The summed E-state index contributed by atoms with van der Waals surface area (Å²) in [5.74, 6) is 2.57. The molecule has 0 bridgehead atoms. The molecule has 112 valence electrons. The lowest BCUT2D eigenvalue weighted by molar-refractivity contribution is 0.177. The fourth-order valence-corrected chi connectivity index (χ4v) is 2.16. The molecule has 0 spiro atoms. The summed E-state index contributed by atoms with van der Waals surface area (Å²) in [6.45, 7) is 3.14. The Hall–Kier alpha value is -1.79. The third-order valence-corrected chi connectivity index (χ3v) is 3.41. The normalized spacial score (nSPS) is 10.4. The molecule has 1 aromatic carbocycles. The van der Waals surface area contributed by atoms with Crippen molar-refractivity contribution in [3.8, 4) is 11.6 Å². The van der Waals surface area contributed by atoms with Crippen molar-refractivity contribution in [2.45, 2.75) is 18.4 Å². The fourth-order valence-electron chi connectivity index (χ4n) is 1.75. The van der Waals surface area contributed by atoms with Gasteiger partial charge < -0.3 is 14.8 Å². The van der Waals surface area contributed by atoms with Crippen molar-refractivity contribution in [2.24, 2.45) is 0 Å². The predicted molar refractivity (Wildman–Crippen MR) is 85.2 cm³/mol. The maximum absolute atomic E-state index is 5.80. The van der Waals surface area contributed by atoms with E-state index in [0.717, 1.165) is 18.1 Å². The van der Waals surface area contributed by atoms with Gasteiger partial charge in [-0.3, -0.25) is 0 Å². The van der Waals surface area contributed by atoms with Gasteiger partial charge in [0.25, 0.3) is 0 Å². The van der Waals surface area contributed by atoms with Gasteiger partial charge in [0, 0.05) is 24.6 Å². The molecule has 0 saturated heterocycles. The van der Waals surface area contributed by atoms with Gasteiger partial charge in [0.2, 0.25) is 5.88 Å². The summed E-state index contributed by atoms with van der Waals surface area (Å²) in [7, 11) is 1.62. The van der Waals surface area contributed by atoms with E-state index < -0.39 is 0 Å². The molecule has 0 fully saturated rings. The Morgan fingerprint density at radius 3 is 2.57 bits per heavy atom. The van der Waals surface area contributed by atoms with Crippen molar-refractivity contribution in [3.05, 3.63) is 36.2 Å². The van der Waals surface area contributed by atoms with Crippen LogP contribution in [0.4, 0.5) is 5.82 Å². The van der Waals surface area contributed by atoms with Gasteiger partial charge in [-0.2, -0.15) is 4.98 Å². The molecule has 0 amide bonds. The van der Waals surface area contributed by atoms with E-state index in [1.54, 1.807) is 24.9 Å². The third kappa shape index (κ3) is 4.61. The summed E-state index contributed by atoms with van der Waals surface area (Å²) in [4.78, 5) is 9.88. The highest BCUT2D eigenvalue weighted by molar-refractivity contribution is 7.98. The molecular weight excluding hydrogens is 286 g/mol. The molecule has 0 atom stereocenters. The minimum absolute atomic E-state index is 0.348. The first-order valence-corrected chi connectivity index (χ1v) is 7.90. The molecule has 0 radical (unpaired) electrons. The van der Waals surface area contributed by atoms with Crippen LogP contribution in [0.1, 0.15) is 12.7 Å². The lowest BCUT2D eigenvalue weighted by atomic mass is 10.3. The summed E-state index contributed by atoms with van der Waals surface area (Å²) < 4.78 is 10.9. The number of benzene rings is 1. The number of thioether (sulfide) groups is 1. The van der Waals surface area contributed by atoms with Crippen LogP contribution in [0, 0.1) is 0 Å². The van der Waals surface area contributed by atoms with Crippen molar-refractivity contribution in [3.63, 3.8) is 0 Å². The highest BCUT2D eigenvalue weighted by Crippen LogP contribution is 2.24. The Morgan fingerprint density at radius 1 is 1.19 bits per heavy atom. The molecule has 0 aliphatic carbocycles. The van der Waals surface area contributed by atoms with Crippen molar-refractivity contribution < 1.29 is 9.47 Å². The Morgan fingerprint density at radius 2 is 1.95 bits per heavy atom. The molecule has 6 heteroatoms. The highest BCUT2D eigenvalue weighted by atomic mass is 32.2. The molecule has 1 aromatic heterocycles. The van der Waals surface area contributed by atoms with Crippen LogP contribution >= 0.6 is 11.8 Å². The largest absolute Gasteiger partial charge is 0.439 e. The Labute approximate surface area is 129 Å². The number of hydrogen-bond donors (Lipinski definition) is 1. The topological polar surface area (TPSA) is 56.3 Å². The Kier molecular flexibility index (Phi) is 5.83. The Balaban J connectivity index is 2.20. The summed E-state index contributed by atoms with van der Waals surface area (Å²) in [6.07, 6.45) is 2.04. The highest BCUT2D eigenvalue weighted by Gasteiger charge is 2.06. The van der Waals surface area contributed by atoms with E-state index >= 15 is 0 Å². The fraction of sp³-hybridized carbons (Fsp3) is 0.333. The molecule has 0 aliphatic rings. The molecule has 2 rings (SSSR count). The first-order chi connectivity index (χ1) is 10.2. The summed E-state index contributed by atoms with van der Waals surface area (Å²) >= 11 is 1.69. The van der Waals surface area contributed by atoms with Crippen LogP contribution in [-0.4, -0.2) is 29.9 Å². The monoisotopic (exact) mass is 305 g/mol. The summed E-state index contributed by atoms with van der Waals surface area (Å²) in [6, 6.07) is 9.67. The van der Waals surface area contributed by atoms with Gasteiger partial charge in [0.15, 0.2) is 5.82 Å². The zero-order valence-corrected chi connectivity index (χ0v) is 13.2. The smallest absolute Gasteiger partial charge is 0.224 e. The number of methoxy groups -OCH3 is 1.